The first-order chi connectivity index (χ1) is 5.96. The van der Waals surface area contributed by atoms with Crippen LogP contribution in [0.1, 0.15) is 0 Å². The predicted molar refractivity (Wildman–Crippen MR) is 68.7 cm³/mol. The Morgan fingerprint density at radius 3 is 1.00 bits per heavy atom. The van der Waals surface area contributed by atoms with Crippen molar-refractivity contribution in [2.45, 2.75) is 39.3 Å². The summed E-state index contributed by atoms with van der Waals surface area (Å²) in [5, 5.41) is 0. The van der Waals surface area contributed by atoms with Crippen LogP contribution in [0.5, 0.6) is 0 Å². The molecule has 14 heavy (non-hydrogen) atoms. The first kappa shape index (κ1) is 20.1. The number of hydrogen-bond acceptors (Lipinski definition) is 0. The Morgan fingerprint density at radius 2 is 0.929 bits per heavy atom. The maximum atomic E-state index is 2.27. The molecule has 0 aromatic heterocycles. The van der Waals surface area contributed by atoms with Crippen LogP contribution in [0.15, 0.2) is 30.3 Å². The fraction of sp³-hybridized carbons (Fsp3) is 0.545. The van der Waals surface area contributed by atoms with Gasteiger partial charge in [-0.05, 0) is 0 Å². The fourth-order valence-corrected chi connectivity index (χ4v) is 0.321. The van der Waals surface area contributed by atoms with Gasteiger partial charge in [-0.15, -0.1) is 0 Å². The molecule has 0 fully saturated rings. The van der Waals surface area contributed by atoms with Gasteiger partial charge in [0.25, 0.3) is 0 Å². The summed E-state index contributed by atoms with van der Waals surface area (Å²) >= 11 is 0. The van der Waals surface area contributed by atoms with E-state index in [2.05, 4.69) is 39.3 Å². The number of hydrogen-bond donors (Lipinski definition) is 0. The number of rotatable bonds is 0. The van der Waals surface area contributed by atoms with Crippen molar-refractivity contribution in [2.75, 3.05) is 0 Å². The van der Waals surface area contributed by atoms with Crippen LogP contribution in [-0.2, 0) is 26.2 Å². The molecule has 0 saturated heterocycles. The molecular weight excluding hydrogens is 280 g/mol. The first-order valence-electron chi connectivity index (χ1n) is 4.67. The summed E-state index contributed by atoms with van der Waals surface area (Å²) in [5.74, 6) is 0. The Kier molecular flexibility index (Phi) is 23.2. The third kappa shape index (κ3) is 53.7. The van der Waals surface area contributed by atoms with Crippen molar-refractivity contribution in [1.82, 2.24) is 0 Å². The van der Waals surface area contributed by atoms with E-state index in [4.69, 9.17) is 0 Å². The Hall–Kier alpha value is 0.667. The van der Waals surface area contributed by atoms with Crippen LogP contribution < -0.4 is 0 Å². The van der Waals surface area contributed by atoms with Crippen molar-refractivity contribution in [3.63, 3.8) is 0 Å². The Morgan fingerprint density at radius 1 is 0.714 bits per heavy atom. The summed E-state index contributed by atoms with van der Waals surface area (Å²) in [7, 11) is 0.241. The maximum absolute atomic E-state index is 2.27. The molecule has 0 bridgehead atoms. The molecule has 0 N–H and O–H groups in total. The molecule has 2 radical (unpaired) electrons. The van der Waals surface area contributed by atoms with Crippen LogP contribution in [0.2, 0.25) is 39.3 Å². The zero-order valence-electron chi connectivity index (χ0n) is 10.4. The van der Waals surface area contributed by atoms with Gasteiger partial charge in [0.1, 0.15) is 0 Å². The van der Waals surface area contributed by atoms with Gasteiger partial charge in [-0.2, -0.15) is 18.2 Å². The molecule has 3 heteroatoms. The van der Waals surface area contributed by atoms with Crippen molar-refractivity contribution in [1.29, 1.82) is 0 Å². The van der Waals surface area contributed by atoms with Crippen LogP contribution in [-0.4, -0.2) is 17.6 Å². The molecule has 0 aliphatic rings. The van der Waals surface area contributed by atoms with Crippen molar-refractivity contribution in [2.24, 2.45) is 0 Å². The summed E-state index contributed by atoms with van der Waals surface area (Å²) in [5.41, 5.74) is 0. The molecule has 0 unspecified atom stereocenters. The monoisotopic (exact) mass is 301 g/mol. The second kappa shape index (κ2) is 16.1. The Bertz CT molecular complexity index is 120. The van der Waals surface area contributed by atoms with E-state index in [0.29, 0.717) is 0 Å². The normalized spacial score (nSPS) is 8.00. The molecule has 80 valence electrons. The minimum atomic E-state index is 0. The smallest absolute Gasteiger partial charge is 0.0379 e. The molecule has 0 saturated carbocycles. The summed E-state index contributed by atoms with van der Waals surface area (Å²) in [4.78, 5) is 0. The quantitative estimate of drug-likeness (QED) is 0.499. The van der Waals surface area contributed by atoms with E-state index in [1.165, 1.54) is 0 Å². The zero-order valence-corrected chi connectivity index (χ0v) is 14.8. The summed E-state index contributed by atoms with van der Waals surface area (Å²) in [6, 6.07) is 10.0. The maximum Gasteiger partial charge on any atom is 0.0379 e. The van der Waals surface area contributed by atoms with Crippen molar-refractivity contribution >= 4 is 17.6 Å². The molecule has 0 amide bonds. The molecule has 0 spiro atoms. The van der Waals surface area contributed by atoms with Crippen LogP contribution in [0.3, 0.4) is 0 Å². The minimum absolute atomic E-state index is 0. The molecule has 1 aromatic rings. The Labute approximate surface area is 113 Å². The molecule has 1 rings (SSSR count). The molecule has 0 heterocycles. The van der Waals surface area contributed by atoms with Crippen molar-refractivity contribution < 1.29 is 26.2 Å². The van der Waals surface area contributed by atoms with E-state index < -0.39 is 0 Å². The van der Waals surface area contributed by atoms with E-state index in [-0.39, 0.29) is 43.8 Å². The average Bonchev–Trinajstić information content (AvgIpc) is 2.35. The third-order valence-electron chi connectivity index (χ3n) is 0.556. The van der Waals surface area contributed by atoms with Gasteiger partial charge in [-0.1, -0.05) is 39.3 Å². The van der Waals surface area contributed by atoms with E-state index in [1.807, 2.05) is 30.3 Å². The second-order valence-electron chi connectivity index (χ2n) is 3.96. The van der Waals surface area contributed by atoms with Crippen LogP contribution in [0.25, 0.3) is 0 Å². The molecule has 1 aromatic carbocycles. The predicted octanol–water partition coefficient (Wildman–Crippen LogP) is 4.14. The van der Waals surface area contributed by atoms with Crippen LogP contribution in [0, 0.1) is 0 Å². The SMILES string of the molecule is C[Si](C)C.C[Si](C)C.[Zr].c1cc[cH-]c1. The van der Waals surface area contributed by atoms with Gasteiger partial charge < -0.3 is 0 Å². The van der Waals surface area contributed by atoms with Gasteiger partial charge in [0.2, 0.25) is 0 Å². The van der Waals surface area contributed by atoms with Gasteiger partial charge >= 0.3 is 0 Å². The van der Waals surface area contributed by atoms with Crippen LogP contribution >= 0.6 is 0 Å². The van der Waals surface area contributed by atoms with Gasteiger partial charge in [-0.25, -0.2) is 12.1 Å². The van der Waals surface area contributed by atoms with E-state index in [0.717, 1.165) is 0 Å². The van der Waals surface area contributed by atoms with Gasteiger partial charge in [0.15, 0.2) is 0 Å². The average molecular weight is 303 g/mol. The topological polar surface area (TPSA) is 0 Å². The minimum Gasteiger partial charge on any atom is -0.214 e. The Balaban J connectivity index is -0.000000127. The largest absolute Gasteiger partial charge is 0.214 e. The van der Waals surface area contributed by atoms with E-state index in [9.17, 15) is 0 Å². The molecule has 0 aliphatic heterocycles. The summed E-state index contributed by atoms with van der Waals surface area (Å²) < 4.78 is 0. The van der Waals surface area contributed by atoms with E-state index >= 15 is 0 Å². The van der Waals surface area contributed by atoms with E-state index in [1.54, 1.807) is 0 Å². The first-order valence-corrected chi connectivity index (χ1v) is 10.7. The van der Waals surface area contributed by atoms with Crippen molar-refractivity contribution in [3.05, 3.63) is 30.3 Å². The molecule has 0 nitrogen and oxygen atoms in total. The van der Waals surface area contributed by atoms with Crippen molar-refractivity contribution in [3.8, 4) is 0 Å². The second-order valence-corrected chi connectivity index (χ2v) is 9.96. The standard InChI is InChI=1S/C5H5.2C3H9Si.Zr/c1-2-4-5-3-1;2*1-4(2)3;/h1-5H;2*1-3H3;/q-1;;;. The van der Waals surface area contributed by atoms with Gasteiger partial charge in [0.05, 0.1) is 0 Å². The van der Waals surface area contributed by atoms with Crippen LogP contribution in [0.4, 0.5) is 0 Å². The molecule has 0 aliphatic carbocycles. The molecule has 0 atom stereocenters. The fourth-order valence-electron chi connectivity index (χ4n) is 0.321. The van der Waals surface area contributed by atoms with Gasteiger partial charge in [-0.3, -0.25) is 0 Å². The summed E-state index contributed by atoms with van der Waals surface area (Å²) in [6.07, 6.45) is 0. The third-order valence-corrected chi connectivity index (χ3v) is 0.556. The zero-order chi connectivity index (χ0) is 10.7. The van der Waals surface area contributed by atoms with Gasteiger partial charge in [0, 0.05) is 43.8 Å². The summed E-state index contributed by atoms with van der Waals surface area (Å²) in [6.45, 7) is 13.6. The molecular formula is C11H23Si2Zr-.